The summed E-state index contributed by atoms with van der Waals surface area (Å²) in [5, 5.41) is 3.96. The molecular formula is C22H26N2O4S. The zero-order valence-corrected chi connectivity index (χ0v) is 17.5. The van der Waals surface area contributed by atoms with Crippen LogP contribution in [0.25, 0.3) is 10.1 Å². The summed E-state index contributed by atoms with van der Waals surface area (Å²) in [6.07, 6.45) is 1.92. The third-order valence-electron chi connectivity index (χ3n) is 5.59. The normalized spacial score (nSPS) is 22.7. The summed E-state index contributed by atoms with van der Waals surface area (Å²) in [6.45, 7) is 4.65. The van der Waals surface area contributed by atoms with Crippen molar-refractivity contribution in [2.45, 2.75) is 51.3 Å². The maximum Gasteiger partial charge on any atom is 0.262 e. The maximum atomic E-state index is 13.4. The monoisotopic (exact) mass is 414 g/mol. The number of ketones is 1. The first-order chi connectivity index (χ1) is 13.9. The van der Waals surface area contributed by atoms with Gasteiger partial charge in [-0.2, -0.15) is 0 Å². The SMILES string of the molecule is CC(C)C[C@H](NC(=O)c1cc2ccccc2s1)C(=O)N1CCC[C@H]2OCC(=O)[C@H]21. The third kappa shape index (κ3) is 4.07. The van der Waals surface area contributed by atoms with Crippen LogP contribution in [-0.4, -0.2) is 53.8 Å². The summed E-state index contributed by atoms with van der Waals surface area (Å²) >= 11 is 1.42. The molecule has 1 aromatic heterocycles. The number of carbonyl (C=O) groups is 3. The molecule has 2 saturated heterocycles. The van der Waals surface area contributed by atoms with Gasteiger partial charge in [0.25, 0.3) is 5.91 Å². The number of fused-ring (bicyclic) bond motifs is 2. The van der Waals surface area contributed by atoms with Crippen molar-refractivity contribution in [1.82, 2.24) is 10.2 Å². The fourth-order valence-electron chi connectivity index (χ4n) is 4.25. The number of nitrogens with zero attached hydrogens (tertiary/aromatic N) is 1. The van der Waals surface area contributed by atoms with E-state index in [2.05, 4.69) is 5.32 Å². The van der Waals surface area contributed by atoms with E-state index < -0.39 is 12.1 Å². The molecule has 154 valence electrons. The van der Waals surface area contributed by atoms with Crippen molar-refractivity contribution in [2.24, 2.45) is 5.92 Å². The first-order valence-electron chi connectivity index (χ1n) is 10.2. The quantitative estimate of drug-likeness (QED) is 0.816. The first-order valence-corrected chi connectivity index (χ1v) is 11.0. The molecule has 0 saturated carbocycles. The Bertz CT molecular complexity index is 905. The number of benzene rings is 1. The molecule has 0 radical (unpaired) electrons. The van der Waals surface area contributed by atoms with Crippen molar-refractivity contribution in [2.75, 3.05) is 13.2 Å². The third-order valence-corrected chi connectivity index (χ3v) is 6.70. The number of hydrogen-bond acceptors (Lipinski definition) is 5. The summed E-state index contributed by atoms with van der Waals surface area (Å²) in [5.41, 5.74) is 0. The average molecular weight is 415 g/mol. The van der Waals surface area contributed by atoms with Crippen LogP contribution in [0.15, 0.2) is 30.3 Å². The number of likely N-dealkylation sites (tertiary alicyclic amines) is 1. The van der Waals surface area contributed by atoms with Gasteiger partial charge in [0.05, 0.1) is 11.0 Å². The molecule has 2 aromatic rings. The molecule has 2 amide bonds. The number of amides is 2. The minimum absolute atomic E-state index is 0.0396. The van der Waals surface area contributed by atoms with E-state index in [1.807, 2.05) is 44.2 Å². The van der Waals surface area contributed by atoms with Gasteiger partial charge in [-0.3, -0.25) is 14.4 Å². The van der Waals surface area contributed by atoms with E-state index in [1.54, 1.807) is 4.90 Å². The topological polar surface area (TPSA) is 75.7 Å². The highest BCUT2D eigenvalue weighted by Crippen LogP contribution is 2.28. The zero-order valence-electron chi connectivity index (χ0n) is 16.7. The largest absolute Gasteiger partial charge is 0.368 e. The first kappa shape index (κ1) is 20.0. The predicted octanol–water partition coefficient (Wildman–Crippen LogP) is 3.00. The Balaban J connectivity index is 1.54. The van der Waals surface area contributed by atoms with Crippen LogP contribution in [0.2, 0.25) is 0 Å². The lowest BCUT2D eigenvalue weighted by Crippen LogP contribution is -2.58. The van der Waals surface area contributed by atoms with Crippen LogP contribution in [0.5, 0.6) is 0 Å². The van der Waals surface area contributed by atoms with Crippen molar-refractivity contribution < 1.29 is 19.1 Å². The van der Waals surface area contributed by atoms with Gasteiger partial charge in [0.2, 0.25) is 5.91 Å². The highest BCUT2D eigenvalue weighted by atomic mass is 32.1. The van der Waals surface area contributed by atoms with Crippen LogP contribution in [-0.2, 0) is 14.3 Å². The second-order valence-corrected chi connectivity index (χ2v) is 9.32. The van der Waals surface area contributed by atoms with E-state index >= 15 is 0 Å². The Morgan fingerprint density at radius 2 is 2.10 bits per heavy atom. The molecule has 4 rings (SSSR count). The molecule has 3 heterocycles. The fraction of sp³-hybridized carbons (Fsp3) is 0.500. The zero-order chi connectivity index (χ0) is 20.5. The van der Waals surface area contributed by atoms with E-state index in [9.17, 15) is 14.4 Å². The highest BCUT2D eigenvalue weighted by molar-refractivity contribution is 7.20. The van der Waals surface area contributed by atoms with Crippen LogP contribution in [0.3, 0.4) is 0 Å². The van der Waals surface area contributed by atoms with Crippen molar-refractivity contribution in [3.05, 3.63) is 35.2 Å². The van der Waals surface area contributed by atoms with E-state index in [0.29, 0.717) is 17.8 Å². The van der Waals surface area contributed by atoms with E-state index in [4.69, 9.17) is 4.74 Å². The van der Waals surface area contributed by atoms with Gasteiger partial charge in [-0.15, -0.1) is 11.3 Å². The van der Waals surface area contributed by atoms with E-state index in [-0.39, 0.29) is 36.2 Å². The van der Waals surface area contributed by atoms with Gasteiger partial charge < -0.3 is 15.0 Å². The Labute approximate surface area is 174 Å². The predicted molar refractivity (Wildman–Crippen MR) is 112 cm³/mol. The van der Waals surface area contributed by atoms with Gasteiger partial charge in [-0.1, -0.05) is 32.0 Å². The molecule has 0 unspecified atom stereocenters. The van der Waals surface area contributed by atoms with E-state index in [1.165, 1.54) is 11.3 Å². The molecule has 1 N–H and O–H groups in total. The summed E-state index contributed by atoms with van der Waals surface area (Å²) in [6, 6.07) is 8.53. The summed E-state index contributed by atoms with van der Waals surface area (Å²) in [5.74, 6) is -0.237. The molecule has 0 aliphatic carbocycles. The lowest BCUT2D eigenvalue weighted by atomic mass is 9.95. The van der Waals surface area contributed by atoms with Crippen LogP contribution in [0, 0.1) is 5.92 Å². The number of hydrogen-bond donors (Lipinski definition) is 1. The molecule has 0 spiro atoms. The number of nitrogens with one attached hydrogen (secondary N) is 1. The number of carbonyl (C=O) groups excluding carboxylic acids is 3. The Kier molecular flexibility index (Phi) is 5.69. The van der Waals surface area contributed by atoms with Crippen LogP contribution in [0.4, 0.5) is 0 Å². The number of thiophene rings is 1. The van der Waals surface area contributed by atoms with Crippen molar-refractivity contribution in [3.8, 4) is 0 Å². The average Bonchev–Trinajstić information content (AvgIpc) is 3.30. The van der Waals surface area contributed by atoms with Gasteiger partial charge in [0, 0.05) is 11.2 Å². The molecule has 2 aliphatic heterocycles. The Morgan fingerprint density at radius 1 is 1.31 bits per heavy atom. The second-order valence-electron chi connectivity index (χ2n) is 8.24. The number of rotatable bonds is 5. The minimum Gasteiger partial charge on any atom is -0.368 e. The van der Waals surface area contributed by atoms with Crippen molar-refractivity contribution in [3.63, 3.8) is 0 Å². The molecular weight excluding hydrogens is 388 g/mol. The van der Waals surface area contributed by atoms with Crippen LogP contribution < -0.4 is 5.32 Å². The summed E-state index contributed by atoms with van der Waals surface area (Å²) in [4.78, 5) is 40.8. The highest BCUT2D eigenvalue weighted by Gasteiger charge is 2.45. The lowest BCUT2D eigenvalue weighted by Gasteiger charge is -2.37. The van der Waals surface area contributed by atoms with Gasteiger partial charge in [0.15, 0.2) is 5.78 Å². The number of piperidine rings is 1. The molecule has 2 aliphatic rings. The van der Waals surface area contributed by atoms with Crippen LogP contribution >= 0.6 is 11.3 Å². The Morgan fingerprint density at radius 3 is 2.86 bits per heavy atom. The number of Topliss-reactive ketones (excluding diaryl/α,β-unsaturated/α-hetero) is 1. The molecule has 6 nitrogen and oxygen atoms in total. The molecule has 0 bridgehead atoms. The molecule has 7 heteroatoms. The van der Waals surface area contributed by atoms with E-state index in [0.717, 1.165) is 22.9 Å². The van der Waals surface area contributed by atoms with Gasteiger partial charge >= 0.3 is 0 Å². The van der Waals surface area contributed by atoms with Crippen molar-refractivity contribution >= 4 is 39.0 Å². The number of ether oxygens (including phenoxy) is 1. The summed E-state index contributed by atoms with van der Waals surface area (Å²) < 4.78 is 6.60. The van der Waals surface area contributed by atoms with Crippen molar-refractivity contribution in [1.29, 1.82) is 0 Å². The van der Waals surface area contributed by atoms with Gasteiger partial charge in [-0.05, 0) is 42.7 Å². The second kappa shape index (κ2) is 8.24. The van der Waals surface area contributed by atoms with Crippen LogP contribution in [0.1, 0.15) is 42.8 Å². The Hall–Kier alpha value is -2.25. The molecule has 29 heavy (non-hydrogen) atoms. The standard InChI is InChI=1S/C22H26N2O4S/c1-13(2)10-15(22(27)24-9-5-7-17-20(24)16(25)12-28-17)23-21(26)19-11-14-6-3-4-8-18(14)29-19/h3-4,6,8,11,13,15,17,20H,5,7,9-10,12H2,1-2H3,(H,23,26)/t15-,17+,20+/m0/s1. The van der Waals surface area contributed by atoms with Gasteiger partial charge in [0.1, 0.15) is 18.7 Å². The molecule has 2 fully saturated rings. The fourth-order valence-corrected chi connectivity index (χ4v) is 5.22. The van der Waals surface area contributed by atoms with Gasteiger partial charge in [-0.25, -0.2) is 0 Å². The maximum absolute atomic E-state index is 13.4. The summed E-state index contributed by atoms with van der Waals surface area (Å²) in [7, 11) is 0. The molecule has 1 aromatic carbocycles. The minimum atomic E-state index is -0.653. The smallest absolute Gasteiger partial charge is 0.262 e. The molecule has 3 atom stereocenters. The lowest BCUT2D eigenvalue weighted by molar-refractivity contribution is -0.142.